The molecule has 1 aliphatic heterocycles. The van der Waals surface area contributed by atoms with Crippen LogP contribution in [0.1, 0.15) is 32.6 Å². The Kier molecular flexibility index (Phi) is 1.89. The molecule has 0 N–H and O–H groups in total. The van der Waals surface area contributed by atoms with Crippen LogP contribution in [-0.2, 0) is 4.74 Å². The van der Waals surface area contributed by atoms with E-state index in [2.05, 4.69) is 6.92 Å². The summed E-state index contributed by atoms with van der Waals surface area (Å²) in [6.07, 6.45) is 4.78. The summed E-state index contributed by atoms with van der Waals surface area (Å²) in [6.45, 7) is 3.08. The normalized spacial score (nSPS) is 45.8. The molecule has 1 saturated heterocycles. The molecule has 0 aromatic heterocycles. The molecule has 2 aliphatic rings. The second kappa shape index (κ2) is 2.63. The van der Waals surface area contributed by atoms with Gasteiger partial charge in [-0.15, -0.1) is 11.6 Å². The first-order valence-corrected chi connectivity index (χ1v) is 4.92. The molecule has 64 valence electrons. The van der Waals surface area contributed by atoms with Crippen molar-refractivity contribution in [3.63, 3.8) is 0 Å². The minimum atomic E-state index is 0.130. The van der Waals surface area contributed by atoms with Gasteiger partial charge in [0.15, 0.2) is 0 Å². The van der Waals surface area contributed by atoms with E-state index in [9.17, 15) is 0 Å². The van der Waals surface area contributed by atoms with Crippen LogP contribution in [0.3, 0.4) is 0 Å². The van der Waals surface area contributed by atoms with Gasteiger partial charge in [-0.3, -0.25) is 0 Å². The molecule has 1 heterocycles. The zero-order chi connectivity index (χ0) is 7.90. The van der Waals surface area contributed by atoms with Gasteiger partial charge in [0.2, 0.25) is 0 Å². The van der Waals surface area contributed by atoms with Crippen LogP contribution in [0.5, 0.6) is 0 Å². The van der Waals surface area contributed by atoms with Gasteiger partial charge in [0.1, 0.15) is 0 Å². The van der Waals surface area contributed by atoms with Crippen LogP contribution >= 0.6 is 11.6 Å². The van der Waals surface area contributed by atoms with E-state index in [-0.39, 0.29) is 5.60 Å². The number of ether oxygens (including phenoxy) is 1. The predicted molar refractivity (Wildman–Crippen MR) is 46.0 cm³/mol. The van der Waals surface area contributed by atoms with Gasteiger partial charge in [-0.05, 0) is 38.5 Å². The smallest absolute Gasteiger partial charge is 0.0696 e. The third-order valence-electron chi connectivity index (χ3n) is 2.93. The number of hydrogen-bond acceptors (Lipinski definition) is 1. The number of alkyl halides is 1. The van der Waals surface area contributed by atoms with Crippen molar-refractivity contribution in [3.8, 4) is 0 Å². The van der Waals surface area contributed by atoms with Crippen molar-refractivity contribution in [2.75, 3.05) is 6.61 Å². The third kappa shape index (κ3) is 1.54. The Morgan fingerprint density at radius 3 is 2.64 bits per heavy atom. The van der Waals surface area contributed by atoms with E-state index in [0.717, 1.165) is 25.4 Å². The zero-order valence-electron chi connectivity index (χ0n) is 6.98. The van der Waals surface area contributed by atoms with Gasteiger partial charge in [-0.2, -0.15) is 0 Å². The van der Waals surface area contributed by atoms with E-state index >= 15 is 0 Å². The van der Waals surface area contributed by atoms with Gasteiger partial charge in [-0.1, -0.05) is 0 Å². The Labute approximate surface area is 73.1 Å². The van der Waals surface area contributed by atoms with Gasteiger partial charge in [-0.25, -0.2) is 0 Å². The van der Waals surface area contributed by atoms with E-state index in [4.69, 9.17) is 16.3 Å². The molecule has 1 aliphatic carbocycles. The summed E-state index contributed by atoms with van der Waals surface area (Å²) in [4.78, 5) is 0. The summed E-state index contributed by atoms with van der Waals surface area (Å²) in [6, 6.07) is 0. The molecule has 1 nitrogen and oxygen atoms in total. The molecular formula is C9H15ClO. The number of rotatable bonds is 1. The first-order chi connectivity index (χ1) is 5.21. The molecule has 0 aromatic rings. The monoisotopic (exact) mass is 174 g/mol. The van der Waals surface area contributed by atoms with Gasteiger partial charge in [0.05, 0.1) is 5.60 Å². The van der Waals surface area contributed by atoms with Crippen LogP contribution in [-0.4, -0.2) is 17.6 Å². The lowest BCUT2D eigenvalue weighted by atomic mass is 9.91. The maximum absolute atomic E-state index is 6.09. The highest BCUT2D eigenvalue weighted by Gasteiger charge is 2.45. The van der Waals surface area contributed by atoms with Crippen LogP contribution in [0.25, 0.3) is 0 Å². The minimum Gasteiger partial charge on any atom is -0.375 e. The van der Waals surface area contributed by atoms with E-state index < -0.39 is 0 Å². The molecule has 0 amide bonds. The fraction of sp³-hybridized carbons (Fsp3) is 1.00. The summed E-state index contributed by atoms with van der Waals surface area (Å²) < 4.78 is 5.78. The largest absolute Gasteiger partial charge is 0.375 e. The standard InChI is InChI=1S/C9H15ClO/c1-9(7-2-3-7)6-8(10)4-5-11-9/h7-8H,2-6H2,1H3. The van der Waals surface area contributed by atoms with Crippen molar-refractivity contribution in [1.82, 2.24) is 0 Å². The molecule has 1 saturated carbocycles. The average Bonchev–Trinajstić information content (AvgIpc) is 2.66. The minimum absolute atomic E-state index is 0.130. The van der Waals surface area contributed by atoms with Gasteiger partial charge >= 0.3 is 0 Å². The highest BCUT2D eigenvalue weighted by molar-refractivity contribution is 6.20. The quantitative estimate of drug-likeness (QED) is 0.556. The maximum Gasteiger partial charge on any atom is 0.0696 e. The number of halogens is 1. The van der Waals surface area contributed by atoms with Crippen molar-refractivity contribution < 1.29 is 4.74 Å². The molecule has 2 heteroatoms. The Hall–Kier alpha value is 0.250. The third-order valence-corrected chi connectivity index (χ3v) is 3.30. The zero-order valence-corrected chi connectivity index (χ0v) is 7.73. The number of hydrogen-bond donors (Lipinski definition) is 0. The van der Waals surface area contributed by atoms with Gasteiger partial charge in [0, 0.05) is 12.0 Å². The molecule has 2 rings (SSSR count). The van der Waals surface area contributed by atoms with E-state index in [1.54, 1.807) is 0 Å². The highest BCUT2D eigenvalue weighted by atomic mass is 35.5. The van der Waals surface area contributed by atoms with Crippen LogP contribution in [0.15, 0.2) is 0 Å². The summed E-state index contributed by atoms with van der Waals surface area (Å²) >= 11 is 6.09. The molecule has 0 bridgehead atoms. The Morgan fingerprint density at radius 1 is 1.36 bits per heavy atom. The van der Waals surface area contributed by atoms with Crippen LogP contribution in [0.2, 0.25) is 0 Å². The van der Waals surface area contributed by atoms with E-state index in [1.807, 2.05) is 0 Å². The Morgan fingerprint density at radius 2 is 2.09 bits per heavy atom. The lowest BCUT2D eigenvalue weighted by Gasteiger charge is -2.36. The molecule has 0 radical (unpaired) electrons. The predicted octanol–water partition coefficient (Wildman–Crippen LogP) is 2.57. The topological polar surface area (TPSA) is 9.23 Å². The first kappa shape index (κ1) is 7.88. The average molecular weight is 175 g/mol. The SMILES string of the molecule is CC1(C2CC2)CC(Cl)CCO1. The lowest BCUT2D eigenvalue weighted by Crippen LogP contribution is -2.39. The second-order valence-corrected chi connectivity index (χ2v) is 4.64. The van der Waals surface area contributed by atoms with Gasteiger partial charge in [0.25, 0.3) is 0 Å². The second-order valence-electron chi connectivity index (χ2n) is 4.03. The molecule has 0 aromatic carbocycles. The van der Waals surface area contributed by atoms with Crippen LogP contribution in [0.4, 0.5) is 0 Å². The van der Waals surface area contributed by atoms with E-state index in [1.165, 1.54) is 12.8 Å². The summed E-state index contributed by atoms with van der Waals surface area (Å²) in [5.74, 6) is 0.809. The summed E-state index contributed by atoms with van der Waals surface area (Å²) in [7, 11) is 0. The van der Waals surface area contributed by atoms with Crippen molar-refractivity contribution in [1.29, 1.82) is 0 Å². The van der Waals surface area contributed by atoms with Crippen molar-refractivity contribution in [2.24, 2.45) is 5.92 Å². The lowest BCUT2D eigenvalue weighted by molar-refractivity contribution is -0.0783. The molecule has 11 heavy (non-hydrogen) atoms. The maximum atomic E-state index is 6.09. The molecule has 0 spiro atoms. The van der Waals surface area contributed by atoms with Crippen molar-refractivity contribution in [2.45, 2.75) is 43.6 Å². The van der Waals surface area contributed by atoms with Crippen LogP contribution in [0, 0.1) is 5.92 Å². The Balaban J connectivity index is 1.99. The Bertz CT molecular complexity index is 156. The fourth-order valence-corrected chi connectivity index (χ4v) is 2.39. The van der Waals surface area contributed by atoms with E-state index in [0.29, 0.717) is 5.38 Å². The van der Waals surface area contributed by atoms with Crippen LogP contribution < -0.4 is 0 Å². The molecule has 2 atom stereocenters. The summed E-state index contributed by atoms with van der Waals surface area (Å²) in [5, 5.41) is 0.356. The molecule has 2 unspecified atom stereocenters. The molecule has 2 fully saturated rings. The first-order valence-electron chi connectivity index (χ1n) is 4.49. The summed E-state index contributed by atoms with van der Waals surface area (Å²) in [5.41, 5.74) is 0.130. The molecular weight excluding hydrogens is 160 g/mol. The van der Waals surface area contributed by atoms with Gasteiger partial charge < -0.3 is 4.74 Å². The van der Waals surface area contributed by atoms with Crippen molar-refractivity contribution in [3.05, 3.63) is 0 Å². The fourth-order valence-electron chi connectivity index (χ4n) is 2.00. The van der Waals surface area contributed by atoms with Crippen molar-refractivity contribution >= 4 is 11.6 Å². The highest BCUT2D eigenvalue weighted by Crippen LogP contribution is 2.46.